The number of benzene rings is 1. The summed E-state index contributed by atoms with van der Waals surface area (Å²) in [6, 6.07) is 5.79. The quantitative estimate of drug-likeness (QED) is 0.503. The summed E-state index contributed by atoms with van der Waals surface area (Å²) in [5, 5.41) is 6.16. The predicted octanol–water partition coefficient (Wildman–Crippen LogP) is 0.846. The van der Waals surface area contributed by atoms with Gasteiger partial charge in [0.1, 0.15) is 0 Å². The third kappa shape index (κ3) is 6.66. The van der Waals surface area contributed by atoms with Crippen LogP contribution in [0.5, 0.6) is 11.5 Å². The first-order valence-electron chi connectivity index (χ1n) is 7.81. The van der Waals surface area contributed by atoms with Crippen molar-refractivity contribution < 1.29 is 17.9 Å². The molecule has 1 rings (SSSR count). The zero-order valence-corrected chi connectivity index (χ0v) is 15.6. The molecule has 0 aromatic heterocycles. The van der Waals surface area contributed by atoms with Crippen molar-refractivity contribution >= 4 is 15.8 Å². The molecule has 0 heterocycles. The van der Waals surface area contributed by atoms with Crippen molar-refractivity contribution in [1.82, 2.24) is 10.6 Å². The fourth-order valence-corrected chi connectivity index (χ4v) is 2.75. The number of methoxy groups -OCH3 is 2. The third-order valence-electron chi connectivity index (χ3n) is 3.52. The zero-order valence-electron chi connectivity index (χ0n) is 14.8. The number of ether oxygens (including phenoxy) is 2. The number of guanidine groups is 1. The maximum Gasteiger partial charge on any atom is 0.191 e. The van der Waals surface area contributed by atoms with Crippen LogP contribution in [-0.4, -0.2) is 60.2 Å². The van der Waals surface area contributed by atoms with Gasteiger partial charge < -0.3 is 20.1 Å². The summed E-state index contributed by atoms with van der Waals surface area (Å²) in [4.78, 5) is 4.08. The lowest BCUT2D eigenvalue weighted by Crippen LogP contribution is -2.40. The van der Waals surface area contributed by atoms with Gasteiger partial charge in [-0.25, -0.2) is 8.42 Å². The Balaban J connectivity index is 2.45. The first kappa shape index (κ1) is 20.1. The van der Waals surface area contributed by atoms with Gasteiger partial charge in [0.05, 0.1) is 20.0 Å². The Kier molecular flexibility index (Phi) is 8.39. The molecule has 8 heteroatoms. The summed E-state index contributed by atoms with van der Waals surface area (Å²) in [6.07, 6.45) is 0.772. The molecule has 7 nitrogen and oxygen atoms in total. The van der Waals surface area contributed by atoms with Crippen molar-refractivity contribution in [1.29, 1.82) is 0 Å². The zero-order chi connectivity index (χ0) is 18.0. The monoisotopic (exact) mass is 357 g/mol. The van der Waals surface area contributed by atoms with Gasteiger partial charge in [-0.05, 0) is 24.1 Å². The van der Waals surface area contributed by atoms with Crippen LogP contribution >= 0.6 is 0 Å². The highest BCUT2D eigenvalue weighted by molar-refractivity contribution is 7.91. The molecule has 0 saturated heterocycles. The number of rotatable bonds is 9. The Morgan fingerprint density at radius 3 is 2.38 bits per heavy atom. The van der Waals surface area contributed by atoms with E-state index in [1.54, 1.807) is 28.2 Å². The molecule has 0 bridgehead atoms. The van der Waals surface area contributed by atoms with Gasteiger partial charge in [-0.2, -0.15) is 0 Å². The molecule has 0 saturated carbocycles. The standard InChI is InChI=1S/C16H27N3O4S/c1-5-24(20,21)11-10-19-16(17-2)18-9-8-13-6-7-14(22-3)15(12-13)23-4/h6-7,12H,5,8-11H2,1-4H3,(H2,17,18,19). The summed E-state index contributed by atoms with van der Waals surface area (Å²) in [7, 11) is 1.89. The van der Waals surface area contributed by atoms with Gasteiger partial charge in [0.2, 0.25) is 0 Å². The van der Waals surface area contributed by atoms with Crippen molar-refractivity contribution in [3.63, 3.8) is 0 Å². The average Bonchev–Trinajstić information content (AvgIpc) is 2.60. The molecule has 0 amide bonds. The van der Waals surface area contributed by atoms with E-state index in [1.165, 1.54) is 0 Å². The minimum Gasteiger partial charge on any atom is -0.493 e. The van der Waals surface area contributed by atoms with Crippen LogP contribution in [0.4, 0.5) is 0 Å². The van der Waals surface area contributed by atoms with E-state index in [0.29, 0.717) is 30.5 Å². The first-order chi connectivity index (χ1) is 11.5. The van der Waals surface area contributed by atoms with E-state index < -0.39 is 9.84 Å². The van der Waals surface area contributed by atoms with Gasteiger partial charge in [-0.3, -0.25) is 4.99 Å². The molecule has 0 radical (unpaired) electrons. The van der Waals surface area contributed by atoms with Gasteiger partial charge >= 0.3 is 0 Å². The Hall–Kier alpha value is -1.96. The smallest absolute Gasteiger partial charge is 0.191 e. The van der Waals surface area contributed by atoms with Gasteiger partial charge in [0.15, 0.2) is 27.3 Å². The summed E-state index contributed by atoms with van der Waals surface area (Å²) in [6.45, 7) is 2.65. The van der Waals surface area contributed by atoms with Gasteiger partial charge in [0.25, 0.3) is 0 Å². The van der Waals surface area contributed by atoms with Crippen LogP contribution in [-0.2, 0) is 16.3 Å². The van der Waals surface area contributed by atoms with Crippen LogP contribution in [0.1, 0.15) is 12.5 Å². The molecular formula is C16H27N3O4S. The number of aliphatic imine (C=N–C) groups is 1. The van der Waals surface area contributed by atoms with E-state index >= 15 is 0 Å². The van der Waals surface area contributed by atoms with Crippen LogP contribution in [0.25, 0.3) is 0 Å². The molecule has 0 atom stereocenters. The number of sulfone groups is 1. The molecule has 2 N–H and O–H groups in total. The van der Waals surface area contributed by atoms with E-state index in [9.17, 15) is 8.42 Å². The Morgan fingerprint density at radius 2 is 1.79 bits per heavy atom. The van der Waals surface area contributed by atoms with Crippen molar-refractivity contribution in [3.8, 4) is 11.5 Å². The molecule has 0 aliphatic rings. The van der Waals surface area contributed by atoms with Crippen LogP contribution < -0.4 is 20.1 Å². The van der Waals surface area contributed by atoms with Crippen LogP contribution in [0.15, 0.2) is 23.2 Å². The summed E-state index contributed by atoms with van der Waals surface area (Å²) >= 11 is 0. The highest BCUT2D eigenvalue weighted by atomic mass is 32.2. The maximum atomic E-state index is 11.5. The summed E-state index contributed by atoms with van der Waals surface area (Å²) < 4.78 is 33.4. The number of nitrogens with one attached hydrogen (secondary N) is 2. The minimum absolute atomic E-state index is 0.0971. The largest absolute Gasteiger partial charge is 0.493 e. The molecule has 0 spiro atoms. The normalized spacial score (nSPS) is 11.9. The highest BCUT2D eigenvalue weighted by Gasteiger charge is 2.08. The second-order valence-corrected chi connectivity index (χ2v) is 7.57. The maximum absolute atomic E-state index is 11.5. The molecule has 0 fully saturated rings. The molecule has 24 heavy (non-hydrogen) atoms. The third-order valence-corrected chi connectivity index (χ3v) is 5.23. The van der Waals surface area contributed by atoms with Crippen molar-refractivity contribution in [2.24, 2.45) is 4.99 Å². The van der Waals surface area contributed by atoms with Crippen molar-refractivity contribution in [2.75, 3.05) is 45.9 Å². The van der Waals surface area contributed by atoms with E-state index in [0.717, 1.165) is 12.0 Å². The molecule has 0 unspecified atom stereocenters. The van der Waals surface area contributed by atoms with Crippen LogP contribution in [0.3, 0.4) is 0 Å². The number of nitrogens with zero attached hydrogens (tertiary/aromatic N) is 1. The number of hydrogen-bond donors (Lipinski definition) is 2. The first-order valence-corrected chi connectivity index (χ1v) is 9.63. The van der Waals surface area contributed by atoms with Gasteiger partial charge in [-0.15, -0.1) is 0 Å². The lowest BCUT2D eigenvalue weighted by Gasteiger charge is -2.13. The SMILES string of the molecule is CCS(=O)(=O)CCNC(=NC)NCCc1ccc(OC)c(OC)c1. The van der Waals surface area contributed by atoms with Gasteiger partial charge in [-0.1, -0.05) is 13.0 Å². The highest BCUT2D eigenvalue weighted by Crippen LogP contribution is 2.27. The molecular weight excluding hydrogens is 330 g/mol. The summed E-state index contributed by atoms with van der Waals surface area (Å²) in [5.41, 5.74) is 1.10. The molecule has 1 aromatic carbocycles. The second kappa shape index (κ2) is 10.0. The fourth-order valence-electron chi connectivity index (χ4n) is 2.05. The van der Waals surface area contributed by atoms with Crippen LogP contribution in [0, 0.1) is 0 Å². The molecule has 0 aliphatic carbocycles. The van der Waals surface area contributed by atoms with E-state index in [2.05, 4.69) is 15.6 Å². The predicted molar refractivity (Wildman–Crippen MR) is 96.9 cm³/mol. The Bertz CT molecular complexity index is 645. The fraction of sp³-hybridized carbons (Fsp3) is 0.562. The minimum atomic E-state index is -2.97. The van der Waals surface area contributed by atoms with Crippen molar-refractivity contribution in [2.45, 2.75) is 13.3 Å². The topological polar surface area (TPSA) is 89.0 Å². The lowest BCUT2D eigenvalue weighted by atomic mass is 10.1. The van der Waals surface area contributed by atoms with E-state index in [1.807, 2.05) is 18.2 Å². The van der Waals surface area contributed by atoms with E-state index in [4.69, 9.17) is 9.47 Å². The summed E-state index contributed by atoms with van der Waals surface area (Å²) in [5.74, 6) is 2.23. The van der Waals surface area contributed by atoms with E-state index in [-0.39, 0.29) is 11.5 Å². The van der Waals surface area contributed by atoms with Gasteiger partial charge in [0, 0.05) is 25.9 Å². The van der Waals surface area contributed by atoms with Crippen molar-refractivity contribution in [3.05, 3.63) is 23.8 Å². The molecule has 136 valence electrons. The lowest BCUT2D eigenvalue weighted by molar-refractivity contribution is 0.354. The molecule has 1 aromatic rings. The molecule has 0 aliphatic heterocycles. The number of hydrogen-bond acceptors (Lipinski definition) is 5. The Morgan fingerprint density at radius 1 is 1.12 bits per heavy atom. The second-order valence-electron chi connectivity index (χ2n) is 5.10. The average molecular weight is 357 g/mol. The van der Waals surface area contributed by atoms with Crippen LogP contribution in [0.2, 0.25) is 0 Å². The Labute approximate surface area is 144 Å².